The van der Waals surface area contributed by atoms with Crippen molar-refractivity contribution in [1.82, 2.24) is 4.98 Å². The Labute approximate surface area is 76.7 Å². The third-order valence-electron chi connectivity index (χ3n) is 1.59. The molecule has 1 aromatic rings. The lowest BCUT2D eigenvalue weighted by molar-refractivity contribution is 0.0998. The van der Waals surface area contributed by atoms with Gasteiger partial charge in [0.25, 0.3) is 17.9 Å². The summed E-state index contributed by atoms with van der Waals surface area (Å²) in [4.78, 5) is 23.4. The van der Waals surface area contributed by atoms with Gasteiger partial charge < -0.3 is 16.5 Å². The average Bonchev–Trinajstić information content (AvgIpc) is 2.07. The molecule has 0 aliphatic rings. The molecule has 76 valence electrons. The first kappa shape index (κ1) is 10.2. The zero-order valence-electron chi connectivity index (χ0n) is 6.88. The molecule has 0 unspecified atom stereocenters. The summed E-state index contributed by atoms with van der Waals surface area (Å²) in [5.41, 5.74) is 7.49. The van der Waals surface area contributed by atoms with E-state index in [1.54, 1.807) is 4.98 Å². The Hall–Kier alpha value is -1.92. The average molecular weight is 203 g/mol. The van der Waals surface area contributed by atoms with Crippen molar-refractivity contribution in [3.05, 3.63) is 27.7 Å². The zero-order chi connectivity index (χ0) is 10.9. The number of primary amides is 1. The fourth-order valence-corrected chi connectivity index (χ4v) is 0.924. The lowest BCUT2D eigenvalue weighted by atomic mass is 10.2. The maximum Gasteiger partial charge on any atom is 0.280 e. The van der Waals surface area contributed by atoms with Gasteiger partial charge >= 0.3 is 0 Å². The van der Waals surface area contributed by atoms with E-state index in [1.807, 2.05) is 0 Å². The number of carbonyl (C=O) groups is 1. The number of pyridine rings is 1. The van der Waals surface area contributed by atoms with Gasteiger partial charge in [-0.05, 0) is 6.07 Å². The number of carbonyl (C=O) groups excluding carboxylic acids is 1. The summed E-state index contributed by atoms with van der Waals surface area (Å²) < 4.78 is 24.3. The van der Waals surface area contributed by atoms with Crippen molar-refractivity contribution >= 4 is 11.6 Å². The van der Waals surface area contributed by atoms with E-state index >= 15 is 0 Å². The number of anilines is 1. The van der Waals surface area contributed by atoms with Crippen molar-refractivity contribution in [3.8, 4) is 0 Å². The number of rotatable bonds is 2. The molecular formula is C7H7F2N3O2. The first-order chi connectivity index (χ1) is 6.43. The molecular weight excluding hydrogens is 196 g/mol. The highest BCUT2D eigenvalue weighted by atomic mass is 19.3. The number of hydrogen-bond donors (Lipinski definition) is 3. The second kappa shape index (κ2) is 3.44. The van der Waals surface area contributed by atoms with Crippen molar-refractivity contribution in [2.24, 2.45) is 5.73 Å². The van der Waals surface area contributed by atoms with Crippen LogP contribution in [0.3, 0.4) is 0 Å². The number of H-pyrrole nitrogens is 1. The van der Waals surface area contributed by atoms with Gasteiger partial charge in [0, 0.05) is 0 Å². The minimum atomic E-state index is -2.90. The lowest BCUT2D eigenvalue weighted by Gasteiger charge is -2.04. The summed E-state index contributed by atoms with van der Waals surface area (Å²) in [7, 11) is 0. The second-order valence-electron chi connectivity index (χ2n) is 2.55. The number of amides is 1. The predicted octanol–water partition coefficient (Wildman–Crippen LogP) is -0.00640. The van der Waals surface area contributed by atoms with Crippen LogP contribution in [0.1, 0.15) is 22.5 Å². The van der Waals surface area contributed by atoms with Gasteiger partial charge in [-0.25, -0.2) is 8.78 Å². The molecule has 0 aliphatic heterocycles. The third kappa shape index (κ3) is 1.70. The van der Waals surface area contributed by atoms with E-state index in [2.05, 4.69) is 0 Å². The first-order valence-electron chi connectivity index (χ1n) is 3.54. The van der Waals surface area contributed by atoms with Crippen LogP contribution in [0.2, 0.25) is 0 Å². The molecule has 0 atom stereocenters. The topological polar surface area (TPSA) is 102 Å². The minimum Gasteiger partial charge on any atom is -0.397 e. The predicted molar refractivity (Wildman–Crippen MR) is 44.9 cm³/mol. The largest absolute Gasteiger partial charge is 0.397 e. The van der Waals surface area contributed by atoms with E-state index in [-0.39, 0.29) is 5.69 Å². The van der Waals surface area contributed by atoms with Gasteiger partial charge in [-0.1, -0.05) is 0 Å². The molecule has 0 saturated heterocycles. The fourth-order valence-electron chi connectivity index (χ4n) is 0.924. The summed E-state index contributed by atoms with van der Waals surface area (Å²) in [5.74, 6) is -1.02. The van der Waals surface area contributed by atoms with Gasteiger partial charge in [0.2, 0.25) is 0 Å². The van der Waals surface area contributed by atoms with Crippen molar-refractivity contribution in [3.63, 3.8) is 0 Å². The fraction of sp³-hybridized carbons (Fsp3) is 0.143. The number of aromatic nitrogens is 1. The summed E-state index contributed by atoms with van der Waals surface area (Å²) in [5, 5.41) is 0. The Morgan fingerprint density at radius 2 is 2.07 bits per heavy atom. The second-order valence-corrected chi connectivity index (χ2v) is 2.55. The van der Waals surface area contributed by atoms with Crippen LogP contribution in [0.25, 0.3) is 0 Å². The van der Waals surface area contributed by atoms with E-state index < -0.39 is 29.1 Å². The van der Waals surface area contributed by atoms with Gasteiger partial charge in [-0.15, -0.1) is 0 Å². The SMILES string of the molecule is NC(=O)c1cc(N)c(C(F)F)[nH]c1=O. The highest BCUT2D eigenvalue weighted by Gasteiger charge is 2.16. The molecule has 1 rings (SSSR count). The monoisotopic (exact) mass is 203 g/mol. The molecule has 5 N–H and O–H groups in total. The minimum absolute atomic E-state index is 0.367. The Bertz CT molecular complexity index is 427. The molecule has 1 aromatic heterocycles. The van der Waals surface area contributed by atoms with Crippen molar-refractivity contribution < 1.29 is 13.6 Å². The number of nitrogens with two attached hydrogens (primary N) is 2. The van der Waals surface area contributed by atoms with E-state index in [1.165, 1.54) is 0 Å². The highest BCUT2D eigenvalue weighted by Crippen LogP contribution is 2.21. The van der Waals surface area contributed by atoms with Crippen LogP contribution < -0.4 is 17.0 Å². The molecule has 14 heavy (non-hydrogen) atoms. The normalized spacial score (nSPS) is 10.5. The van der Waals surface area contributed by atoms with Crippen molar-refractivity contribution in [2.75, 3.05) is 5.73 Å². The van der Waals surface area contributed by atoms with Crippen LogP contribution in [0.15, 0.2) is 10.9 Å². The van der Waals surface area contributed by atoms with Gasteiger partial charge in [0.1, 0.15) is 11.3 Å². The molecule has 0 aliphatic carbocycles. The van der Waals surface area contributed by atoms with Crippen LogP contribution in [0, 0.1) is 0 Å². The molecule has 0 spiro atoms. The maximum atomic E-state index is 12.2. The molecule has 0 radical (unpaired) electrons. The number of hydrogen-bond acceptors (Lipinski definition) is 3. The van der Waals surface area contributed by atoms with Crippen LogP contribution in [0.5, 0.6) is 0 Å². The maximum absolute atomic E-state index is 12.2. The van der Waals surface area contributed by atoms with Crippen LogP contribution in [-0.2, 0) is 0 Å². The molecule has 1 heterocycles. The summed E-state index contributed by atoms with van der Waals surface area (Å²) in [6.45, 7) is 0. The smallest absolute Gasteiger partial charge is 0.280 e. The quantitative estimate of drug-likeness (QED) is 0.630. The number of nitrogen functional groups attached to an aromatic ring is 1. The summed E-state index contributed by atoms with van der Waals surface area (Å²) >= 11 is 0. The molecule has 0 aromatic carbocycles. The Kier molecular flexibility index (Phi) is 2.50. The Balaban J connectivity index is 3.39. The van der Waals surface area contributed by atoms with Gasteiger partial charge in [0.15, 0.2) is 0 Å². The van der Waals surface area contributed by atoms with Crippen LogP contribution in [0.4, 0.5) is 14.5 Å². The number of alkyl halides is 2. The van der Waals surface area contributed by atoms with E-state index in [0.29, 0.717) is 0 Å². The molecule has 1 amide bonds. The highest BCUT2D eigenvalue weighted by molar-refractivity contribution is 5.93. The van der Waals surface area contributed by atoms with Crippen molar-refractivity contribution in [1.29, 1.82) is 0 Å². The van der Waals surface area contributed by atoms with Gasteiger partial charge in [-0.3, -0.25) is 9.59 Å². The van der Waals surface area contributed by atoms with Gasteiger partial charge in [0.05, 0.1) is 5.69 Å². The number of aromatic amines is 1. The van der Waals surface area contributed by atoms with Gasteiger partial charge in [-0.2, -0.15) is 0 Å². The molecule has 7 heteroatoms. The molecule has 0 fully saturated rings. The zero-order valence-corrected chi connectivity index (χ0v) is 6.88. The van der Waals surface area contributed by atoms with Crippen LogP contribution >= 0.6 is 0 Å². The first-order valence-corrected chi connectivity index (χ1v) is 3.54. The molecule has 0 saturated carbocycles. The van der Waals surface area contributed by atoms with E-state index in [0.717, 1.165) is 6.07 Å². The number of nitrogens with one attached hydrogen (secondary N) is 1. The summed E-state index contributed by atoms with van der Waals surface area (Å²) in [6.07, 6.45) is -2.90. The van der Waals surface area contributed by atoms with E-state index in [4.69, 9.17) is 11.5 Å². The molecule has 0 bridgehead atoms. The van der Waals surface area contributed by atoms with Crippen molar-refractivity contribution in [2.45, 2.75) is 6.43 Å². The Morgan fingerprint density at radius 1 is 1.50 bits per heavy atom. The number of halogens is 2. The van der Waals surface area contributed by atoms with E-state index in [9.17, 15) is 18.4 Å². The third-order valence-corrected chi connectivity index (χ3v) is 1.59. The Morgan fingerprint density at radius 3 is 2.50 bits per heavy atom. The summed E-state index contributed by atoms with van der Waals surface area (Å²) in [6, 6.07) is 0.836. The molecule has 5 nitrogen and oxygen atoms in total. The standard InChI is InChI=1S/C7H7F2N3O2/c8-5(9)4-3(10)1-2(6(11)13)7(14)12-4/h1,5H,10H2,(H2,11,13)(H,12,14). The van der Waals surface area contributed by atoms with Crippen LogP contribution in [-0.4, -0.2) is 10.9 Å². The lowest BCUT2D eigenvalue weighted by Crippen LogP contribution is -2.25.